The summed E-state index contributed by atoms with van der Waals surface area (Å²) in [6.07, 6.45) is 0.699. The number of carbonyl (C=O) groups is 2. The third kappa shape index (κ3) is 3.34. The summed E-state index contributed by atoms with van der Waals surface area (Å²) in [4.78, 5) is 21.5. The highest BCUT2D eigenvalue weighted by Gasteiger charge is 2.05. The van der Waals surface area contributed by atoms with E-state index in [0.717, 1.165) is 6.07 Å². The molecule has 16 heavy (non-hydrogen) atoms. The van der Waals surface area contributed by atoms with Crippen LogP contribution < -0.4 is 10.1 Å². The number of benzene rings is 1. The fraction of sp³-hybridized carbons (Fsp3) is 0.273. The molecular weight excluding hydrogens is 213 g/mol. The van der Waals surface area contributed by atoms with Gasteiger partial charge in [-0.05, 0) is 18.2 Å². The lowest BCUT2D eigenvalue weighted by Crippen LogP contribution is -2.20. The molecule has 0 saturated heterocycles. The van der Waals surface area contributed by atoms with E-state index in [-0.39, 0.29) is 30.2 Å². The number of rotatable bonds is 5. The van der Waals surface area contributed by atoms with Crippen LogP contribution in [0.25, 0.3) is 0 Å². The maximum absolute atomic E-state index is 12.8. The van der Waals surface area contributed by atoms with Gasteiger partial charge in [0, 0.05) is 7.05 Å². The third-order valence-corrected chi connectivity index (χ3v) is 1.96. The van der Waals surface area contributed by atoms with Crippen molar-refractivity contribution in [3.05, 3.63) is 29.6 Å². The predicted octanol–water partition coefficient (Wildman–Crippen LogP) is 1.15. The van der Waals surface area contributed by atoms with Crippen molar-refractivity contribution in [1.29, 1.82) is 0 Å². The van der Waals surface area contributed by atoms with Crippen LogP contribution >= 0.6 is 0 Å². The molecule has 0 bridgehead atoms. The quantitative estimate of drug-likeness (QED) is 0.765. The molecule has 0 heterocycles. The smallest absolute Gasteiger partial charge is 0.223 e. The van der Waals surface area contributed by atoms with Gasteiger partial charge in [0.05, 0.1) is 18.6 Å². The summed E-state index contributed by atoms with van der Waals surface area (Å²) >= 11 is 0. The first-order valence-electron chi connectivity index (χ1n) is 4.75. The molecule has 1 aromatic rings. The fourth-order valence-corrected chi connectivity index (χ4v) is 1.12. The van der Waals surface area contributed by atoms with E-state index in [0.29, 0.717) is 6.29 Å². The van der Waals surface area contributed by atoms with Crippen molar-refractivity contribution >= 4 is 12.2 Å². The molecule has 1 N–H and O–H groups in total. The minimum atomic E-state index is -0.499. The summed E-state index contributed by atoms with van der Waals surface area (Å²) in [7, 11) is 1.52. The lowest BCUT2D eigenvalue weighted by Gasteiger charge is -2.07. The maximum Gasteiger partial charge on any atom is 0.223 e. The van der Waals surface area contributed by atoms with Crippen LogP contribution in [-0.2, 0) is 4.79 Å². The summed E-state index contributed by atoms with van der Waals surface area (Å²) < 4.78 is 18.0. The molecule has 0 atom stereocenters. The highest BCUT2D eigenvalue weighted by Crippen LogP contribution is 2.17. The number of aldehydes is 1. The topological polar surface area (TPSA) is 55.4 Å². The first-order valence-corrected chi connectivity index (χ1v) is 4.75. The Kier molecular flexibility index (Phi) is 4.44. The summed E-state index contributed by atoms with van der Waals surface area (Å²) in [6.45, 7) is 0.145. The molecule has 0 aromatic heterocycles. The molecule has 0 unspecified atom stereocenters. The summed E-state index contributed by atoms with van der Waals surface area (Å²) in [5, 5.41) is 2.44. The van der Waals surface area contributed by atoms with Gasteiger partial charge in [-0.15, -0.1) is 0 Å². The van der Waals surface area contributed by atoms with Gasteiger partial charge in [0.1, 0.15) is 11.6 Å². The van der Waals surface area contributed by atoms with Crippen molar-refractivity contribution in [2.45, 2.75) is 6.42 Å². The van der Waals surface area contributed by atoms with Crippen LogP contribution in [0.2, 0.25) is 0 Å². The molecule has 86 valence electrons. The Morgan fingerprint density at radius 1 is 1.56 bits per heavy atom. The number of nitrogens with one attached hydrogen (secondary N) is 1. The monoisotopic (exact) mass is 225 g/mol. The summed E-state index contributed by atoms with van der Waals surface area (Å²) in [5.41, 5.74) is 0.136. The van der Waals surface area contributed by atoms with Crippen molar-refractivity contribution in [1.82, 2.24) is 5.32 Å². The standard InChI is InChI=1S/C11H12FNO3/c1-13-11(15)4-5-16-10-3-2-9(12)6-8(10)7-14/h2-3,6-7H,4-5H2,1H3,(H,13,15). The molecule has 0 aliphatic heterocycles. The number of hydrogen-bond donors (Lipinski definition) is 1. The first kappa shape index (κ1) is 12.2. The van der Waals surface area contributed by atoms with Crippen LogP contribution in [0.4, 0.5) is 4.39 Å². The van der Waals surface area contributed by atoms with Gasteiger partial charge >= 0.3 is 0 Å². The SMILES string of the molecule is CNC(=O)CCOc1ccc(F)cc1C=O. The van der Waals surface area contributed by atoms with E-state index in [2.05, 4.69) is 5.32 Å². The van der Waals surface area contributed by atoms with Crippen LogP contribution in [0.1, 0.15) is 16.8 Å². The second-order valence-corrected chi connectivity index (χ2v) is 3.07. The molecule has 1 rings (SSSR count). The van der Waals surface area contributed by atoms with Crippen LogP contribution in [0.3, 0.4) is 0 Å². The zero-order valence-electron chi connectivity index (χ0n) is 8.83. The minimum absolute atomic E-state index is 0.136. The van der Waals surface area contributed by atoms with Crippen molar-refractivity contribution in [2.24, 2.45) is 0 Å². The number of carbonyl (C=O) groups excluding carboxylic acids is 2. The Morgan fingerprint density at radius 3 is 2.94 bits per heavy atom. The van der Waals surface area contributed by atoms with E-state index >= 15 is 0 Å². The third-order valence-electron chi connectivity index (χ3n) is 1.96. The van der Waals surface area contributed by atoms with Crippen LogP contribution in [0.5, 0.6) is 5.75 Å². The minimum Gasteiger partial charge on any atom is -0.492 e. The zero-order chi connectivity index (χ0) is 12.0. The van der Waals surface area contributed by atoms with Gasteiger partial charge in [0.15, 0.2) is 6.29 Å². The average molecular weight is 225 g/mol. The van der Waals surface area contributed by atoms with Crippen molar-refractivity contribution < 1.29 is 18.7 Å². The molecule has 4 nitrogen and oxygen atoms in total. The van der Waals surface area contributed by atoms with Crippen molar-refractivity contribution in [3.63, 3.8) is 0 Å². The molecule has 1 amide bonds. The van der Waals surface area contributed by atoms with Gasteiger partial charge in [0.2, 0.25) is 5.91 Å². The van der Waals surface area contributed by atoms with Crippen LogP contribution in [0.15, 0.2) is 18.2 Å². The van der Waals surface area contributed by atoms with Crippen LogP contribution in [-0.4, -0.2) is 25.8 Å². The van der Waals surface area contributed by atoms with Gasteiger partial charge in [-0.1, -0.05) is 0 Å². The van der Waals surface area contributed by atoms with E-state index in [4.69, 9.17) is 4.74 Å². The van der Waals surface area contributed by atoms with Gasteiger partial charge in [-0.3, -0.25) is 9.59 Å². The Labute approximate surface area is 92.4 Å². The first-order chi connectivity index (χ1) is 7.67. The lowest BCUT2D eigenvalue weighted by atomic mass is 10.2. The normalized spacial score (nSPS) is 9.62. The second-order valence-electron chi connectivity index (χ2n) is 3.07. The predicted molar refractivity (Wildman–Crippen MR) is 56.0 cm³/mol. The average Bonchev–Trinajstić information content (AvgIpc) is 2.30. The molecule has 1 aromatic carbocycles. The summed E-state index contributed by atoms with van der Waals surface area (Å²) in [5.74, 6) is -0.379. The number of ether oxygens (including phenoxy) is 1. The molecule has 0 spiro atoms. The van der Waals surface area contributed by atoms with Crippen LogP contribution in [0, 0.1) is 5.82 Å². The molecule has 0 fully saturated rings. The Hall–Kier alpha value is -1.91. The fourth-order valence-electron chi connectivity index (χ4n) is 1.12. The van der Waals surface area contributed by atoms with Gasteiger partial charge in [-0.25, -0.2) is 4.39 Å². The van der Waals surface area contributed by atoms with E-state index in [1.807, 2.05) is 0 Å². The molecule has 0 saturated carbocycles. The molecule has 5 heteroatoms. The Balaban J connectivity index is 2.60. The molecule has 0 aliphatic rings. The highest BCUT2D eigenvalue weighted by molar-refractivity contribution is 5.79. The zero-order valence-corrected chi connectivity index (χ0v) is 8.83. The van der Waals surface area contributed by atoms with Crippen molar-refractivity contribution in [3.8, 4) is 5.75 Å². The summed E-state index contributed by atoms with van der Waals surface area (Å²) in [6, 6.07) is 3.65. The van der Waals surface area contributed by atoms with E-state index in [1.165, 1.54) is 19.2 Å². The van der Waals surface area contributed by atoms with Gasteiger partial charge in [-0.2, -0.15) is 0 Å². The number of halogens is 1. The number of amides is 1. The van der Waals surface area contributed by atoms with E-state index in [9.17, 15) is 14.0 Å². The second kappa shape index (κ2) is 5.85. The Bertz CT molecular complexity index is 393. The maximum atomic E-state index is 12.8. The van der Waals surface area contributed by atoms with Gasteiger partial charge < -0.3 is 10.1 Å². The molecule has 0 aliphatic carbocycles. The van der Waals surface area contributed by atoms with Crippen molar-refractivity contribution in [2.75, 3.05) is 13.7 Å². The Morgan fingerprint density at radius 2 is 2.31 bits per heavy atom. The van der Waals surface area contributed by atoms with E-state index in [1.54, 1.807) is 0 Å². The molecule has 0 radical (unpaired) electrons. The highest BCUT2D eigenvalue weighted by atomic mass is 19.1. The molecular formula is C11H12FNO3. The largest absolute Gasteiger partial charge is 0.492 e. The van der Waals surface area contributed by atoms with E-state index < -0.39 is 5.82 Å². The lowest BCUT2D eigenvalue weighted by molar-refractivity contribution is -0.121. The number of hydrogen-bond acceptors (Lipinski definition) is 3. The van der Waals surface area contributed by atoms with Gasteiger partial charge in [0.25, 0.3) is 0 Å².